The molecule has 0 aromatic carbocycles. The van der Waals surface area contributed by atoms with Crippen molar-refractivity contribution in [2.45, 2.75) is 78.2 Å². The smallest absolute Gasteiger partial charge is 0.139 e. The molecule has 0 radical (unpaired) electrons. The third-order valence-electron chi connectivity index (χ3n) is 8.92. The second-order valence-corrected chi connectivity index (χ2v) is 9.46. The van der Waals surface area contributed by atoms with Crippen LogP contribution in [0, 0.1) is 40.4 Å². The van der Waals surface area contributed by atoms with Crippen molar-refractivity contribution in [1.29, 1.82) is 0 Å². The molecule has 0 spiro atoms. The fraction of sp³-hybridized carbons (Fsp3) is 0.950. The maximum atomic E-state index is 12.4. The molecular formula is C20H32O2. The number of aliphatic hydroxyl groups excluding tert-OH is 1. The van der Waals surface area contributed by atoms with Gasteiger partial charge in [-0.3, -0.25) is 4.79 Å². The molecule has 2 heteroatoms. The van der Waals surface area contributed by atoms with Crippen molar-refractivity contribution in [2.75, 3.05) is 0 Å². The largest absolute Gasteiger partial charge is 0.393 e. The second-order valence-electron chi connectivity index (χ2n) is 9.46. The quantitative estimate of drug-likeness (QED) is 0.728. The van der Waals surface area contributed by atoms with Gasteiger partial charge >= 0.3 is 0 Å². The molecular weight excluding hydrogens is 272 g/mol. The molecule has 2 nitrogen and oxygen atoms in total. The maximum Gasteiger partial charge on any atom is 0.139 e. The first kappa shape index (κ1) is 15.2. The standard InChI is InChI=1S/C20H32O2/c1-12-10-14(21)11-13-4-5-15-16-6-7-18(22)19(16,2)9-8-17(15)20(12,13)3/h12-17,21H,4-11H2,1-3H3/t12-,13-,14-,15-,16-,17-,19-,20-/m0/s1. The van der Waals surface area contributed by atoms with Crippen LogP contribution in [0.5, 0.6) is 0 Å². The highest BCUT2D eigenvalue weighted by molar-refractivity contribution is 5.87. The highest BCUT2D eigenvalue weighted by Crippen LogP contribution is 2.66. The van der Waals surface area contributed by atoms with E-state index in [0.29, 0.717) is 29.0 Å². The van der Waals surface area contributed by atoms with Crippen LogP contribution in [0.25, 0.3) is 0 Å². The summed E-state index contributed by atoms with van der Waals surface area (Å²) >= 11 is 0. The fourth-order valence-corrected chi connectivity index (χ4v) is 7.47. The Kier molecular flexibility index (Phi) is 3.32. The highest BCUT2D eigenvalue weighted by Gasteiger charge is 2.61. The van der Waals surface area contributed by atoms with Crippen LogP contribution in [-0.4, -0.2) is 17.0 Å². The van der Waals surface area contributed by atoms with E-state index in [1.807, 2.05) is 0 Å². The number of hydrogen-bond acceptors (Lipinski definition) is 2. The van der Waals surface area contributed by atoms with Gasteiger partial charge < -0.3 is 5.11 Å². The Bertz CT molecular complexity index is 486. The van der Waals surface area contributed by atoms with Gasteiger partial charge in [0.15, 0.2) is 0 Å². The molecule has 4 rings (SSSR count). The summed E-state index contributed by atoms with van der Waals surface area (Å²) in [7, 11) is 0. The summed E-state index contributed by atoms with van der Waals surface area (Å²) in [4.78, 5) is 12.4. The number of hydrogen-bond donors (Lipinski definition) is 1. The summed E-state index contributed by atoms with van der Waals surface area (Å²) in [6.07, 6.45) is 8.85. The lowest BCUT2D eigenvalue weighted by Gasteiger charge is -2.62. The fourth-order valence-electron chi connectivity index (χ4n) is 7.47. The van der Waals surface area contributed by atoms with E-state index in [1.54, 1.807) is 0 Å². The number of fused-ring (bicyclic) bond motifs is 5. The normalized spacial score (nSPS) is 57.9. The molecule has 4 aliphatic carbocycles. The molecule has 0 aromatic heterocycles. The SMILES string of the molecule is C[C@H]1C[C@H](O)C[C@@H]2CC[C@@H]3[C@H](CC[C@]4(C)C(=O)CC[C@@H]34)[C@]21C. The van der Waals surface area contributed by atoms with Crippen LogP contribution in [-0.2, 0) is 4.79 Å². The third-order valence-corrected chi connectivity index (χ3v) is 8.92. The van der Waals surface area contributed by atoms with E-state index in [9.17, 15) is 9.90 Å². The maximum absolute atomic E-state index is 12.4. The Labute approximate surface area is 135 Å². The van der Waals surface area contributed by atoms with Gasteiger partial charge in [-0.2, -0.15) is 0 Å². The number of aliphatic hydroxyl groups is 1. The van der Waals surface area contributed by atoms with E-state index in [4.69, 9.17) is 0 Å². The number of carbonyl (C=O) groups is 1. The first-order valence-electron chi connectivity index (χ1n) is 9.58. The summed E-state index contributed by atoms with van der Waals surface area (Å²) < 4.78 is 0. The number of ketones is 1. The minimum atomic E-state index is -0.0773. The van der Waals surface area contributed by atoms with Gasteiger partial charge in [0.1, 0.15) is 5.78 Å². The Balaban J connectivity index is 1.67. The molecule has 1 N–H and O–H groups in total. The first-order chi connectivity index (χ1) is 10.4. The predicted octanol–water partition coefficient (Wildman–Crippen LogP) is 4.21. The zero-order valence-corrected chi connectivity index (χ0v) is 14.5. The topological polar surface area (TPSA) is 37.3 Å². The second kappa shape index (κ2) is 4.82. The highest BCUT2D eigenvalue weighted by atomic mass is 16.3. The summed E-state index contributed by atoms with van der Waals surface area (Å²) in [5, 5.41) is 10.2. The summed E-state index contributed by atoms with van der Waals surface area (Å²) in [6, 6.07) is 0. The van der Waals surface area contributed by atoms with Gasteiger partial charge in [0.05, 0.1) is 6.10 Å². The number of rotatable bonds is 0. The molecule has 0 aromatic rings. The average Bonchev–Trinajstić information content (AvgIpc) is 2.77. The molecule has 22 heavy (non-hydrogen) atoms. The van der Waals surface area contributed by atoms with Crippen molar-refractivity contribution in [1.82, 2.24) is 0 Å². The minimum Gasteiger partial charge on any atom is -0.393 e. The van der Waals surface area contributed by atoms with Crippen LogP contribution in [0.2, 0.25) is 0 Å². The third kappa shape index (κ3) is 1.79. The van der Waals surface area contributed by atoms with Crippen LogP contribution in [0.4, 0.5) is 0 Å². The van der Waals surface area contributed by atoms with Gasteiger partial charge in [0.2, 0.25) is 0 Å². The van der Waals surface area contributed by atoms with Gasteiger partial charge in [-0.25, -0.2) is 0 Å². The molecule has 0 bridgehead atoms. The lowest BCUT2D eigenvalue weighted by molar-refractivity contribution is -0.155. The van der Waals surface area contributed by atoms with Gasteiger partial charge in [-0.15, -0.1) is 0 Å². The van der Waals surface area contributed by atoms with E-state index < -0.39 is 0 Å². The van der Waals surface area contributed by atoms with Gasteiger partial charge in [-0.1, -0.05) is 20.8 Å². The van der Waals surface area contributed by atoms with E-state index in [1.165, 1.54) is 19.3 Å². The number of Topliss-reactive ketones (excluding diaryl/α,β-unsaturated/α-hetero) is 1. The van der Waals surface area contributed by atoms with Crippen molar-refractivity contribution in [3.05, 3.63) is 0 Å². The van der Waals surface area contributed by atoms with Crippen molar-refractivity contribution < 1.29 is 9.90 Å². The Morgan fingerprint density at radius 3 is 2.59 bits per heavy atom. The lowest BCUT2D eigenvalue weighted by atomic mass is 9.43. The van der Waals surface area contributed by atoms with Crippen LogP contribution in [0.15, 0.2) is 0 Å². The zero-order valence-electron chi connectivity index (χ0n) is 14.5. The Morgan fingerprint density at radius 2 is 1.82 bits per heavy atom. The molecule has 4 fully saturated rings. The summed E-state index contributed by atoms with van der Waals surface area (Å²) in [6.45, 7) is 7.18. The summed E-state index contributed by atoms with van der Waals surface area (Å²) in [5.74, 6) is 4.08. The van der Waals surface area contributed by atoms with Crippen LogP contribution < -0.4 is 0 Å². The van der Waals surface area contributed by atoms with Crippen molar-refractivity contribution >= 4 is 5.78 Å². The van der Waals surface area contributed by atoms with Gasteiger partial charge in [0.25, 0.3) is 0 Å². The monoisotopic (exact) mass is 304 g/mol. The zero-order chi connectivity index (χ0) is 15.7. The van der Waals surface area contributed by atoms with E-state index in [2.05, 4.69) is 20.8 Å². The Hall–Kier alpha value is -0.370. The first-order valence-corrected chi connectivity index (χ1v) is 9.58. The molecule has 0 unspecified atom stereocenters. The molecule has 0 saturated heterocycles. The average molecular weight is 304 g/mol. The number of carbonyl (C=O) groups excluding carboxylic acids is 1. The minimum absolute atomic E-state index is 0.00177. The molecule has 4 saturated carbocycles. The van der Waals surface area contributed by atoms with Gasteiger partial charge in [-0.05, 0) is 80.0 Å². The molecule has 0 heterocycles. The summed E-state index contributed by atoms with van der Waals surface area (Å²) in [5.41, 5.74) is 0.400. The van der Waals surface area contributed by atoms with E-state index in [0.717, 1.165) is 43.9 Å². The molecule has 0 amide bonds. The van der Waals surface area contributed by atoms with E-state index >= 15 is 0 Å². The van der Waals surface area contributed by atoms with E-state index in [-0.39, 0.29) is 11.5 Å². The molecule has 0 aliphatic heterocycles. The van der Waals surface area contributed by atoms with Gasteiger partial charge in [0, 0.05) is 11.8 Å². The molecule has 4 aliphatic rings. The lowest BCUT2D eigenvalue weighted by Crippen LogP contribution is -2.56. The Morgan fingerprint density at radius 1 is 1.05 bits per heavy atom. The van der Waals surface area contributed by atoms with Crippen LogP contribution in [0.1, 0.15) is 72.1 Å². The van der Waals surface area contributed by atoms with Crippen molar-refractivity contribution in [3.63, 3.8) is 0 Å². The van der Waals surface area contributed by atoms with Crippen molar-refractivity contribution in [2.24, 2.45) is 40.4 Å². The van der Waals surface area contributed by atoms with Crippen LogP contribution >= 0.6 is 0 Å². The molecule has 124 valence electrons. The predicted molar refractivity (Wildman–Crippen MR) is 87.3 cm³/mol. The van der Waals surface area contributed by atoms with Crippen molar-refractivity contribution in [3.8, 4) is 0 Å². The van der Waals surface area contributed by atoms with Crippen LogP contribution in [0.3, 0.4) is 0 Å². The molecule has 8 atom stereocenters.